The van der Waals surface area contributed by atoms with E-state index < -0.39 is 6.04 Å². The van der Waals surface area contributed by atoms with E-state index >= 15 is 0 Å². The molecule has 94 valence electrons. The highest BCUT2D eigenvalue weighted by molar-refractivity contribution is 5.88. The largest absolute Gasteiger partial charge is 0.350 e. The first-order valence-corrected chi connectivity index (χ1v) is 5.78. The maximum atomic E-state index is 11.9. The highest BCUT2D eigenvalue weighted by Gasteiger charge is 2.26. The van der Waals surface area contributed by atoms with Crippen LogP contribution in [0.15, 0.2) is 0 Å². The maximum Gasteiger partial charge on any atom is 0.243 e. The molecule has 4 nitrogen and oxygen atoms in total. The monoisotopic (exact) mass is 228 g/mol. The van der Waals surface area contributed by atoms with Crippen LogP contribution in [0.3, 0.4) is 0 Å². The van der Waals surface area contributed by atoms with Gasteiger partial charge in [-0.05, 0) is 26.7 Å². The molecule has 0 heterocycles. The SMILES string of the molecule is CCC(=O)NC(C(=O)NC(C)(C)C)C(C)C. The van der Waals surface area contributed by atoms with Crippen LogP contribution in [0.2, 0.25) is 0 Å². The van der Waals surface area contributed by atoms with Crippen molar-refractivity contribution >= 4 is 11.8 Å². The standard InChI is InChI=1S/C12H24N2O2/c1-7-9(15)13-10(8(2)3)11(16)14-12(4,5)6/h8,10H,7H2,1-6H3,(H,13,15)(H,14,16). The minimum absolute atomic E-state index is 0.0813. The van der Waals surface area contributed by atoms with Gasteiger partial charge in [-0.2, -0.15) is 0 Å². The molecule has 0 rings (SSSR count). The molecule has 0 saturated carbocycles. The van der Waals surface area contributed by atoms with E-state index in [1.165, 1.54) is 0 Å². The van der Waals surface area contributed by atoms with E-state index in [-0.39, 0.29) is 23.3 Å². The zero-order valence-electron chi connectivity index (χ0n) is 11.2. The van der Waals surface area contributed by atoms with Gasteiger partial charge in [0, 0.05) is 12.0 Å². The zero-order valence-corrected chi connectivity index (χ0v) is 11.2. The number of amides is 2. The molecule has 0 bridgehead atoms. The normalized spacial score (nSPS) is 13.4. The summed E-state index contributed by atoms with van der Waals surface area (Å²) in [7, 11) is 0. The molecule has 0 aromatic heterocycles. The molecule has 0 aliphatic heterocycles. The van der Waals surface area contributed by atoms with Crippen LogP contribution in [0, 0.1) is 5.92 Å². The molecule has 0 radical (unpaired) electrons. The number of nitrogens with one attached hydrogen (secondary N) is 2. The van der Waals surface area contributed by atoms with E-state index in [1.807, 2.05) is 34.6 Å². The molecule has 16 heavy (non-hydrogen) atoms. The molecule has 0 aromatic carbocycles. The van der Waals surface area contributed by atoms with Gasteiger partial charge < -0.3 is 10.6 Å². The summed E-state index contributed by atoms with van der Waals surface area (Å²) < 4.78 is 0. The van der Waals surface area contributed by atoms with Crippen LogP contribution in [-0.4, -0.2) is 23.4 Å². The van der Waals surface area contributed by atoms with Crippen LogP contribution in [0.5, 0.6) is 0 Å². The van der Waals surface area contributed by atoms with Crippen molar-refractivity contribution in [2.75, 3.05) is 0 Å². The van der Waals surface area contributed by atoms with Crippen molar-refractivity contribution in [3.8, 4) is 0 Å². The molecule has 0 spiro atoms. The van der Waals surface area contributed by atoms with Crippen LogP contribution in [0.1, 0.15) is 48.0 Å². The lowest BCUT2D eigenvalue weighted by Crippen LogP contribution is -2.54. The summed E-state index contributed by atoms with van der Waals surface area (Å²) in [5.74, 6) is -0.134. The Morgan fingerprint density at radius 2 is 1.69 bits per heavy atom. The van der Waals surface area contributed by atoms with Gasteiger partial charge >= 0.3 is 0 Å². The quantitative estimate of drug-likeness (QED) is 0.765. The van der Waals surface area contributed by atoms with E-state index in [1.54, 1.807) is 6.92 Å². The Morgan fingerprint density at radius 1 is 1.19 bits per heavy atom. The third-order valence-corrected chi connectivity index (χ3v) is 2.08. The molecule has 0 aromatic rings. The molecule has 0 saturated heterocycles. The first-order valence-electron chi connectivity index (χ1n) is 5.78. The van der Waals surface area contributed by atoms with Gasteiger partial charge in [0.15, 0.2) is 0 Å². The Kier molecular flexibility index (Phi) is 5.48. The van der Waals surface area contributed by atoms with E-state index in [0.717, 1.165) is 0 Å². The van der Waals surface area contributed by atoms with E-state index in [0.29, 0.717) is 6.42 Å². The van der Waals surface area contributed by atoms with Crippen LogP contribution in [-0.2, 0) is 9.59 Å². The predicted octanol–water partition coefficient (Wildman–Crippen LogP) is 1.45. The van der Waals surface area contributed by atoms with Crippen molar-refractivity contribution in [3.63, 3.8) is 0 Å². The summed E-state index contributed by atoms with van der Waals surface area (Å²) in [6.45, 7) is 11.4. The molecular weight excluding hydrogens is 204 g/mol. The summed E-state index contributed by atoms with van der Waals surface area (Å²) in [6.07, 6.45) is 0.395. The van der Waals surface area contributed by atoms with Crippen molar-refractivity contribution in [3.05, 3.63) is 0 Å². The second-order valence-corrected chi connectivity index (χ2v) is 5.38. The Labute approximate surface area is 98.2 Å². The lowest BCUT2D eigenvalue weighted by Gasteiger charge is -2.27. The number of carbonyl (C=O) groups excluding carboxylic acids is 2. The molecule has 2 amide bonds. The Balaban J connectivity index is 4.54. The first kappa shape index (κ1) is 14.9. The molecule has 1 atom stereocenters. The molecule has 0 aliphatic rings. The number of hydrogen-bond acceptors (Lipinski definition) is 2. The van der Waals surface area contributed by atoms with Gasteiger partial charge in [-0.15, -0.1) is 0 Å². The summed E-state index contributed by atoms with van der Waals surface area (Å²) in [4.78, 5) is 23.2. The zero-order chi connectivity index (χ0) is 12.9. The van der Waals surface area contributed by atoms with Crippen molar-refractivity contribution in [2.45, 2.75) is 59.5 Å². The van der Waals surface area contributed by atoms with Crippen LogP contribution in [0.25, 0.3) is 0 Å². The fourth-order valence-electron chi connectivity index (χ4n) is 1.26. The van der Waals surface area contributed by atoms with Crippen molar-refractivity contribution in [1.82, 2.24) is 10.6 Å². The van der Waals surface area contributed by atoms with E-state index in [9.17, 15) is 9.59 Å². The number of rotatable bonds is 4. The van der Waals surface area contributed by atoms with Gasteiger partial charge in [0.25, 0.3) is 0 Å². The lowest BCUT2D eigenvalue weighted by atomic mass is 10.0. The third-order valence-electron chi connectivity index (χ3n) is 2.08. The van der Waals surface area contributed by atoms with Crippen LogP contribution < -0.4 is 10.6 Å². The van der Waals surface area contributed by atoms with E-state index in [4.69, 9.17) is 0 Å². The molecule has 2 N–H and O–H groups in total. The maximum absolute atomic E-state index is 11.9. The fourth-order valence-corrected chi connectivity index (χ4v) is 1.26. The molecule has 1 unspecified atom stereocenters. The molecule has 0 fully saturated rings. The summed E-state index contributed by atoms with van der Waals surface area (Å²) in [5, 5.41) is 5.61. The lowest BCUT2D eigenvalue weighted by molar-refractivity contribution is -0.130. The average Bonchev–Trinajstić information content (AvgIpc) is 2.09. The van der Waals surface area contributed by atoms with E-state index in [2.05, 4.69) is 10.6 Å². The first-order chi connectivity index (χ1) is 7.17. The summed E-state index contributed by atoms with van der Waals surface area (Å²) in [5.41, 5.74) is -0.277. The highest BCUT2D eigenvalue weighted by atomic mass is 16.2. The summed E-state index contributed by atoms with van der Waals surface area (Å²) in [6, 6.07) is -0.452. The Morgan fingerprint density at radius 3 is 2.00 bits per heavy atom. The second-order valence-electron chi connectivity index (χ2n) is 5.38. The van der Waals surface area contributed by atoms with Gasteiger partial charge in [-0.3, -0.25) is 9.59 Å². The number of carbonyl (C=O) groups is 2. The summed E-state index contributed by atoms with van der Waals surface area (Å²) >= 11 is 0. The topological polar surface area (TPSA) is 58.2 Å². The Hall–Kier alpha value is -1.06. The van der Waals surface area contributed by atoms with Crippen LogP contribution in [0.4, 0.5) is 0 Å². The van der Waals surface area contributed by atoms with Gasteiger partial charge in [-0.1, -0.05) is 20.8 Å². The van der Waals surface area contributed by atoms with Crippen molar-refractivity contribution in [1.29, 1.82) is 0 Å². The average molecular weight is 228 g/mol. The predicted molar refractivity (Wildman–Crippen MR) is 65.0 cm³/mol. The van der Waals surface area contributed by atoms with Gasteiger partial charge in [0.1, 0.15) is 6.04 Å². The molecule has 4 heteroatoms. The fraction of sp³-hybridized carbons (Fsp3) is 0.833. The minimum atomic E-state index is -0.452. The molecular formula is C12H24N2O2. The second kappa shape index (κ2) is 5.87. The van der Waals surface area contributed by atoms with Crippen molar-refractivity contribution < 1.29 is 9.59 Å². The third kappa shape index (κ3) is 5.73. The van der Waals surface area contributed by atoms with Gasteiger partial charge in [0.05, 0.1) is 0 Å². The van der Waals surface area contributed by atoms with Gasteiger partial charge in [-0.25, -0.2) is 0 Å². The number of hydrogen-bond donors (Lipinski definition) is 2. The molecule has 0 aliphatic carbocycles. The highest BCUT2D eigenvalue weighted by Crippen LogP contribution is 2.06. The van der Waals surface area contributed by atoms with Crippen molar-refractivity contribution in [2.24, 2.45) is 5.92 Å². The van der Waals surface area contributed by atoms with Crippen LogP contribution >= 0.6 is 0 Å². The Bertz CT molecular complexity index is 254. The minimum Gasteiger partial charge on any atom is -0.350 e. The van der Waals surface area contributed by atoms with Gasteiger partial charge in [0.2, 0.25) is 11.8 Å². The smallest absolute Gasteiger partial charge is 0.243 e.